The van der Waals surface area contributed by atoms with E-state index in [4.69, 9.17) is 4.74 Å². The van der Waals surface area contributed by atoms with Crippen LogP contribution in [0.3, 0.4) is 0 Å². The quantitative estimate of drug-likeness (QED) is 0.618. The average Bonchev–Trinajstić information content (AvgIpc) is 2.57. The summed E-state index contributed by atoms with van der Waals surface area (Å²) in [4.78, 5) is 12.0. The van der Waals surface area contributed by atoms with Gasteiger partial charge in [-0.2, -0.15) is 22.0 Å². The van der Waals surface area contributed by atoms with E-state index in [2.05, 4.69) is 15.0 Å². The van der Waals surface area contributed by atoms with Gasteiger partial charge in [-0.3, -0.25) is 4.98 Å². The number of aromatic nitrogens is 3. The molecule has 1 atom stereocenters. The molecule has 1 saturated heterocycles. The van der Waals surface area contributed by atoms with Crippen LogP contribution in [-0.2, 0) is 10.9 Å². The van der Waals surface area contributed by atoms with Crippen LogP contribution >= 0.6 is 0 Å². The lowest BCUT2D eigenvalue weighted by Crippen LogP contribution is -2.41. The van der Waals surface area contributed by atoms with Gasteiger partial charge < -0.3 is 9.64 Å². The van der Waals surface area contributed by atoms with Gasteiger partial charge >= 0.3 is 6.18 Å². The molecule has 0 unspecified atom stereocenters. The van der Waals surface area contributed by atoms with Crippen LogP contribution in [-0.4, -0.2) is 34.7 Å². The summed E-state index contributed by atoms with van der Waals surface area (Å²) in [7, 11) is 0. The third-order valence-corrected chi connectivity index (χ3v) is 3.58. The molecule has 0 aromatic carbocycles. The minimum absolute atomic E-state index is 0.0590. The number of hydrogen-bond donors (Lipinski definition) is 0. The van der Waals surface area contributed by atoms with Crippen molar-refractivity contribution >= 4 is 5.82 Å². The zero-order chi connectivity index (χ0) is 17.3. The van der Waals surface area contributed by atoms with Crippen molar-refractivity contribution in [3.8, 4) is 0 Å². The zero-order valence-electron chi connectivity index (χ0n) is 12.1. The number of pyridine rings is 1. The van der Waals surface area contributed by atoms with Gasteiger partial charge in [0.1, 0.15) is 6.33 Å². The monoisotopic (exact) mass is 346 g/mol. The molecule has 128 valence electrons. The number of ether oxygens (including phenoxy) is 1. The Balaban J connectivity index is 1.94. The highest BCUT2D eigenvalue weighted by Gasteiger charge is 2.33. The van der Waals surface area contributed by atoms with Crippen LogP contribution in [0.15, 0.2) is 24.7 Å². The van der Waals surface area contributed by atoms with E-state index >= 15 is 0 Å². The van der Waals surface area contributed by atoms with Gasteiger partial charge in [0.15, 0.2) is 5.82 Å². The number of anilines is 1. The highest BCUT2D eigenvalue weighted by atomic mass is 19.4. The Kier molecular flexibility index (Phi) is 4.31. The minimum atomic E-state index is -4.50. The molecule has 0 spiro atoms. The van der Waals surface area contributed by atoms with E-state index in [1.165, 1.54) is 11.0 Å². The maximum Gasteiger partial charge on any atom is 0.417 e. The predicted octanol–water partition coefficient (Wildman–Crippen LogP) is 2.75. The van der Waals surface area contributed by atoms with E-state index in [-0.39, 0.29) is 31.3 Å². The molecule has 0 bridgehead atoms. The summed E-state index contributed by atoms with van der Waals surface area (Å²) in [6.45, 7) is 0.479. The number of morpholine rings is 1. The summed E-state index contributed by atoms with van der Waals surface area (Å²) in [5, 5.41) is 0. The largest absolute Gasteiger partial charge is 0.417 e. The van der Waals surface area contributed by atoms with Crippen molar-refractivity contribution in [2.24, 2.45) is 0 Å². The van der Waals surface area contributed by atoms with Gasteiger partial charge in [-0.15, -0.1) is 0 Å². The molecular formula is C14H11F5N4O. The van der Waals surface area contributed by atoms with E-state index < -0.39 is 29.5 Å². The van der Waals surface area contributed by atoms with E-state index in [0.717, 1.165) is 12.4 Å². The molecule has 0 amide bonds. The first-order valence-corrected chi connectivity index (χ1v) is 6.91. The standard InChI is InChI=1S/C14H11F5N4O/c15-11-12(16)21-7-22-13(11)23-3-4-24-6-10(23)9-2-1-8(5-20-9)14(17,18)19/h1-2,5,7,10H,3-4,6H2/t10-/m1/s1. The first-order valence-electron chi connectivity index (χ1n) is 6.91. The number of hydrogen-bond acceptors (Lipinski definition) is 5. The van der Waals surface area contributed by atoms with Crippen LogP contribution in [0.4, 0.5) is 27.8 Å². The lowest BCUT2D eigenvalue weighted by Gasteiger charge is -2.36. The van der Waals surface area contributed by atoms with Crippen LogP contribution in [0.1, 0.15) is 17.3 Å². The molecule has 24 heavy (non-hydrogen) atoms. The Morgan fingerprint density at radius 2 is 1.92 bits per heavy atom. The second-order valence-corrected chi connectivity index (χ2v) is 5.06. The van der Waals surface area contributed by atoms with Crippen LogP contribution in [0.5, 0.6) is 0 Å². The van der Waals surface area contributed by atoms with Gasteiger partial charge in [0.25, 0.3) is 5.95 Å². The summed E-state index contributed by atoms with van der Waals surface area (Å²) in [6, 6.07) is 1.38. The lowest BCUT2D eigenvalue weighted by molar-refractivity contribution is -0.137. The fourth-order valence-corrected chi connectivity index (χ4v) is 2.41. The Hall–Kier alpha value is -2.36. The van der Waals surface area contributed by atoms with Gasteiger partial charge in [-0.05, 0) is 12.1 Å². The van der Waals surface area contributed by atoms with Gasteiger partial charge in [0.2, 0.25) is 5.82 Å². The van der Waals surface area contributed by atoms with Crippen molar-refractivity contribution in [1.29, 1.82) is 0 Å². The minimum Gasteiger partial charge on any atom is -0.377 e. The molecule has 3 heterocycles. The fourth-order valence-electron chi connectivity index (χ4n) is 2.41. The molecule has 0 radical (unpaired) electrons. The molecular weight excluding hydrogens is 335 g/mol. The molecule has 2 aromatic heterocycles. The smallest absolute Gasteiger partial charge is 0.377 e. The zero-order valence-corrected chi connectivity index (χ0v) is 12.1. The molecule has 2 aromatic rings. The van der Waals surface area contributed by atoms with Crippen LogP contribution in [0, 0.1) is 11.8 Å². The highest BCUT2D eigenvalue weighted by Crippen LogP contribution is 2.32. The SMILES string of the molecule is Fc1ncnc(N2CCOC[C@@H]2c2ccc(C(F)(F)F)cn2)c1F. The van der Waals surface area contributed by atoms with Gasteiger partial charge in [0, 0.05) is 12.7 Å². The van der Waals surface area contributed by atoms with E-state index in [9.17, 15) is 22.0 Å². The molecule has 0 N–H and O–H groups in total. The van der Waals surface area contributed by atoms with E-state index in [1.807, 2.05) is 0 Å². The molecule has 3 rings (SSSR count). The molecule has 10 heteroatoms. The van der Waals surface area contributed by atoms with Crippen molar-refractivity contribution in [3.05, 3.63) is 47.7 Å². The molecule has 0 aliphatic carbocycles. The Morgan fingerprint density at radius 1 is 1.12 bits per heavy atom. The maximum absolute atomic E-state index is 13.9. The number of halogens is 5. The molecule has 1 fully saturated rings. The van der Waals surface area contributed by atoms with E-state index in [1.54, 1.807) is 0 Å². The number of alkyl halides is 3. The maximum atomic E-state index is 13.9. The second kappa shape index (κ2) is 6.27. The normalized spacial score (nSPS) is 18.7. The summed E-state index contributed by atoms with van der Waals surface area (Å²) < 4.78 is 70.4. The second-order valence-electron chi connectivity index (χ2n) is 5.06. The van der Waals surface area contributed by atoms with Crippen molar-refractivity contribution in [2.75, 3.05) is 24.7 Å². The first-order chi connectivity index (χ1) is 11.4. The Bertz CT molecular complexity index is 722. The summed E-state index contributed by atoms with van der Waals surface area (Å²) in [6.07, 6.45) is -2.93. The van der Waals surface area contributed by atoms with Crippen molar-refractivity contribution < 1.29 is 26.7 Å². The average molecular weight is 346 g/mol. The summed E-state index contributed by atoms with van der Waals surface area (Å²) >= 11 is 0. The van der Waals surface area contributed by atoms with Crippen molar-refractivity contribution in [1.82, 2.24) is 15.0 Å². The number of nitrogens with zero attached hydrogens (tertiary/aromatic N) is 4. The van der Waals surface area contributed by atoms with Crippen LogP contribution < -0.4 is 4.90 Å². The van der Waals surface area contributed by atoms with Gasteiger partial charge in [-0.25, -0.2) is 9.97 Å². The number of rotatable bonds is 2. The highest BCUT2D eigenvalue weighted by molar-refractivity contribution is 5.42. The lowest BCUT2D eigenvalue weighted by atomic mass is 10.1. The first kappa shape index (κ1) is 16.5. The fraction of sp³-hybridized carbons (Fsp3) is 0.357. The van der Waals surface area contributed by atoms with Gasteiger partial charge in [0.05, 0.1) is 30.5 Å². The van der Waals surface area contributed by atoms with Crippen molar-refractivity contribution in [2.45, 2.75) is 12.2 Å². The third-order valence-electron chi connectivity index (χ3n) is 3.58. The summed E-state index contributed by atoms with van der Waals surface area (Å²) in [5.74, 6) is -2.81. The Labute approximate surface area is 133 Å². The molecule has 1 aliphatic heterocycles. The van der Waals surface area contributed by atoms with E-state index in [0.29, 0.717) is 6.20 Å². The Morgan fingerprint density at radius 3 is 2.58 bits per heavy atom. The third kappa shape index (κ3) is 3.14. The molecule has 1 aliphatic rings. The molecule has 5 nitrogen and oxygen atoms in total. The topological polar surface area (TPSA) is 51.1 Å². The van der Waals surface area contributed by atoms with Gasteiger partial charge in [-0.1, -0.05) is 0 Å². The molecule has 0 saturated carbocycles. The van der Waals surface area contributed by atoms with Crippen molar-refractivity contribution in [3.63, 3.8) is 0 Å². The predicted molar refractivity (Wildman–Crippen MR) is 72.1 cm³/mol. The van der Waals surface area contributed by atoms with Crippen LogP contribution in [0.2, 0.25) is 0 Å². The summed E-state index contributed by atoms with van der Waals surface area (Å²) in [5.41, 5.74) is -0.657. The van der Waals surface area contributed by atoms with Crippen LogP contribution in [0.25, 0.3) is 0 Å².